The van der Waals surface area contributed by atoms with Crippen molar-refractivity contribution in [1.82, 2.24) is 0 Å². The average Bonchev–Trinajstić information content (AvgIpc) is 2.92. The molecular formula is C28H18N2O9. The Balaban J connectivity index is 1.57. The van der Waals surface area contributed by atoms with Gasteiger partial charge in [-0.3, -0.25) is 24.5 Å². The summed E-state index contributed by atoms with van der Waals surface area (Å²) in [6.45, 7) is 0. The quantitative estimate of drug-likeness (QED) is 0.107. The van der Waals surface area contributed by atoms with Crippen LogP contribution >= 0.6 is 0 Å². The van der Waals surface area contributed by atoms with Crippen molar-refractivity contribution in [2.75, 3.05) is 12.4 Å². The normalized spacial score (nSPS) is 11.9. The number of hydrogen-bond acceptors (Lipinski definition) is 10. The molecule has 0 bridgehead atoms. The third-order valence-corrected chi connectivity index (χ3v) is 6.30. The molecule has 0 fully saturated rings. The van der Waals surface area contributed by atoms with Crippen LogP contribution in [-0.2, 0) is 0 Å². The molecule has 4 aromatic rings. The summed E-state index contributed by atoms with van der Waals surface area (Å²) in [6, 6.07) is 14.7. The van der Waals surface area contributed by atoms with Gasteiger partial charge in [0.05, 0.1) is 40.0 Å². The Bertz CT molecular complexity index is 1740. The van der Waals surface area contributed by atoms with Crippen LogP contribution in [0.3, 0.4) is 0 Å². The van der Waals surface area contributed by atoms with Crippen LogP contribution in [0, 0.1) is 10.1 Å². The number of phenolic OH excluding ortho intramolecular Hbond substituents is 3. The summed E-state index contributed by atoms with van der Waals surface area (Å²) in [5.74, 6) is -3.51. The minimum atomic E-state index is -0.958. The SMILES string of the molecule is COc1ccc(C(=O)c2cccc(Nc3ccc(O)c4c3C(=O)c3c([N+](=O)[O-])ccc(O)c3C4=O)c2)c(O)c1. The van der Waals surface area contributed by atoms with Gasteiger partial charge in [0.2, 0.25) is 11.6 Å². The number of carbonyl (C=O) groups excluding carboxylic acids is 3. The van der Waals surface area contributed by atoms with Crippen molar-refractivity contribution in [3.63, 3.8) is 0 Å². The highest BCUT2D eigenvalue weighted by atomic mass is 16.6. The van der Waals surface area contributed by atoms with E-state index in [2.05, 4.69) is 5.32 Å². The van der Waals surface area contributed by atoms with Gasteiger partial charge in [0, 0.05) is 23.4 Å². The molecule has 0 unspecified atom stereocenters. The van der Waals surface area contributed by atoms with Crippen molar-refractivity contribution in [3.8, 4) is 23.0 Å². The molecule has 0 saturated heterocycles. The van der Waals surface area contributed by atoms with Gasteiger partial charge in [0.25, 0.3) is 5.69 Å². The Morgan fingerprint density at radius 2 is 1.49 bits per heavy atom. The fourth-order valence-corrected chi connectivity index (χ4v) is 4.48. The number of nitro benzene ring substituents is 1. The molecule has 0 amide bonds. The number of fused-ring (bicyclic) bond motifs is 2. The molecule has 0 aliphatic heterocycles. The lowest BCUT2D eigenvalue weighted by atomic mass is 9.81. The van der Waals surface area contributed by atoms with Crippen LogP contribution in [0.2, 0.25) is 0 Å². The molecule has 0 radical (unpaired) electrons. The van der Waals surface area contributed by atoms with E-state index in [0.717, 1.165) is 18.2 Å². The molecule has 39 heavy (non-hydrogen) atoms. The van der Waals surface area contributed by atoms with Gasteiger partial charge in [-0.25, -0.2) is 0 Å². The fourth-order valence-electron chi connectivity index (χ4n) is 4.48. The number of methoxy groups -OCH3 is 1. The van der Waals surface area contributed by atoms with Crippen molar-refractivity contribution in [2.45, 2.75) is 0 Å². The number of anilines is 2. The van der Waals surface area contributed by atoms with Crippen LogP contribution in [0.25, 0.3) is 0 Å². The molecule has 1 aliphatic carbocycles. The fraction of sp³-hybridized carbons (Fsp3) is 0.0357. The summed E-state index contributed by atoms with van der Waals surface area (Å²) in [6.07, 6.45) is 0. The summed E-state index contributed by atoms with van der Waals surface area (Å²) in [5.41, 5.74) is -2.05. The number of aromatic hydroxyl groups is 3. The van der Waals surface area contributed by atoms with Crippen LogP contribution in [0.5, 0.6) is 23.0 Å². The lowest BCUT2D eigenvalue weighted by Crippen LogP contribution is -2.23. The van der Waals surface area contributed by atoms with Crippen LogP contribution in [0.1, 0.15) is 47.8 Å². The number of nitro groups is 1. The first-order chi connectivity index (χ1) is 18.6. The van der Waals surface area contributed by atoms with Gasteiger partial charge in [0.15, 0.2) is 5.78 Å². The van der Waals surface area contributed by atoms with Gasteiger partial charge in [0.1, 0.15) is 28.6 Å². The maximum absolute atomic E-state index is 13.5. The summed E-state index contributed by atoms with van der Waals surface area (Å²) >= 11 is 0. The zero-order valence-electron chi connectivity index (χ0n) is 20.1. The van der Waals surface area contributed by atoms with Crippen molar-refractivity contribution in [2.24, 2.45) is 0 Å². The van der Waals surface area contributed by atoms with Gasteiger partial charge in [-0.05, 0) is 42.5 Å². The summed E-state index contributed by atoms with van der Waals surface area (Å²) in [4.78, 5) is 50.6. The van der Waals surface area contributed by atoms with E-state index in [4.69, 9.17) is 4.74 Å². The van der Waals surface area contributed by atoms with Crippen LogP contribution < -0.4 is 10.1 Å². The largest absolute Gasteiger partial charge is 0.507 e. The van der Waals surface area contributed by atoms with E-state index in [1.807, 2.05) is 0 Å². The number of ketones is 3. The number of phenols is 3. The van der Waals surface area contributed by atoms with Gasteiger partial charge in [-0.15, -0.1) is 0 Å². The topological polar surface area (TPSA) is 176 Å². The maximum Gasteiger partial charge on any atom is 0.281 e. The summed E-state index contributed by atoms with van der Waals surface area (Å²) < 4.78 is 5.04. The first-order valence-corrected chi connectivity index (χ1v) is 11.4. The molecule has 4 aromatic carbocycles. The second-order valence-electron chi connectivity index (χ2n) is 8.57. The van der Waals surface area contributed by atoms with E-state index in [9.17, 15) is 39.8 Å². The Labute approximate surface area is 219 Å². The molecule has 11 heteroatoms. The number of nitrogens with zero attached hydrogens (tertiary/aromatic N) is 1. The third kappa shape index (κ3) is 4.07. The minimum Gasteiger partial charge on any atom is -0.507 e. The first-order valence-electron chi connectivity index (χ1n) is 11.4. The number of nitrogens with one attached hydrogen (secondary N) is 1. The summed E-state index contributed by atoms with van der Waals surface area (Å²) in [7, 11) is 1.42. The van der Waals surface area contributed by atoms with E-state index < -0.39 is 56.1 Å². The maximum atomic E-state index is 13.5. The average molecular weight is 526 g/mol. The van der Waals surface area contributed by atoms with Gasteiger partial charge in [-0.1, -0.05) is 12.1 Å². The lowest BCUT2D eigenvalue weighted by Gasteiger charge is -2.22. The molecular weight excluding hydrogens is 508 g/mol. The monoisotopic (exact) mass is 526 g/mol. The number of ether oxygens (including phenoxy) is 1. The number of benzene rings is 4. The Hall–Kier alpha value is -5.71. The van der Waals surface area contributed by atoms with Crippen molar-refractivity contribution < 1.29 is 39.4 Å². The predicted molar refractivity (Wildman–Crippen MR) is 138 cm³/mol. The first kappa shape index (κ1) is 25.0. The second-order valence-corrected chi connectivity index (χ2v) is 8.57. The van der Waals surface area contributed by atoms with Gasteiger partial charge in [-0.2, -0.15) is 0 Å². The number of rotatable bonds is 6. The molecule has 0 heterocycles. The van der Waals surface area contributed by atoms with E-state index in [-0.39, 0.29) is 28.1 Å². The van der Waals surface area contributed by atoms with Crippen LogP contribution in [-0.4, -0.2) is 44.7 Å². The molecule has 194 valence electrons. The van der Waals surface area contributed by atoms with Crippen LogP contribution in [0.4, 0.5) is 17.1 Å². The predicted octanol–water partition coefficient (Wildman–Crippen LogP) is 4.47. The second kappa shape index (κ2) is 9.30. The van der Waals surface area contributed by atoms with Crippen molar-refractivity contribution in [1.29, 1.82) is 0 Å². The third-order valence-electron chi connectivity index (χ3n) is 6.30. The van der Waals surface area contributed by atoms with E-state index in [1.54, 1.807) is 12.1 Å². The van der Waals surface area contributed by atoms with E-state index in [0.29, 0.717) is 11.4 Å². The molecule has 11 nitrogen and oxygen atoms in total. The smallest absolute Gasteiger partial charge is 0.281 e. The van der Waals surface area contributed by atoms with E-state index >= 15 is 0 Å². The molecule has 0 aromatic heterocycles. The summed E-state index contributed by atoms with van der Waals surface area (Å²) in [5, 5.41) is 45.5. The highest BCUT2D eigenvalue weighted by Gasteiger charge is 2.40. The Kier molecular flexibility index (Phi) is 5.96. The van der Waals surface area contributed by atoms with Gasteiger partial charge >= 0.3 is 0 Å². The van der Waals surface area contributed by atoms with Crippen molar-refractivity contribution in [3.05, 3.63) is 110 Å². The Morgan fingerprint density at radius 3 is 2.15 bits per heavy atom. The molecule has 5 rings (SSSR count). The lowest BCUT2D eigenvalue weighted by molar-refractivity contribution is -0.385. The molecule has 0 spiro atoms. The zero-order valence-corrected chi connectivity index (χ0v) is 20.1. The zero-order chi connectivity index (χ0) is 28.0. The molecule has 0 saturated carbocycles. The van der Waals surface area contributed by atoms with Crippen molar-refractivity contribution >= 4 is 34.4 Å². The van der Waals surface area contributed by atoms with Gasteiger partial charge < -0.3 is 25.4 Å². The Morgan fingerprint density at radius 1 is 0.821 bits per heavy atom. The highest BCUT2D eigenvalue weighted by molar-refractivity contribution is 6.33. The molecule has 0 atom stereocenters. The number of carbonyl (C=O) groups is 3. The minimum absolute atomic E-state index is 0.0273. The molecule has 1 aliphatic rings. The van der Waals surface area contributed by atoms with E-state index in [1.165, 1.54) is 43.5 Å². The molecule has 4 N–H and O–H groups in total. The highest BCUT2D eigenvalue weighted by Crippen LogP contribution is 2.43. The standard InChI is InChI=1S/C28H18N2O9/c1-39-15-5-6-16(21(33)12-15)26(34)13-3-2-4-14(11-13)29-17-7-9-19(31)24-22(17)27(35)23-18(30(37)38)8-10-20(32)25(23)28(24)36/h2-12,29,31-33H,1H3. The number of hydrogen-bond donors (Lipinski definition) is 4. The van der Waals surface area contributed by atoms with Crippen LogP contribution in [0.15, 0.2) is 66.7 Å².